The van der Waals surface area contributed by atoms with Gasteiger partial charge in [-0.25, -0.2) is 13.4 Å². The van der Waals surface area contributed by atoms with Crippen molar-refractivity contribution >= 4 is 26.5 Å². The summed E-state index contributed by atoms with van der Waals surface area (Å²) in [4.78, 5) is 4.67. The van der Waals surface area contributed by atoms with Crippen LogP contribution in [0.5, 0.6) is 0 Å². The molecule has 0 fully saturated rings. The molecule has 3 N–H and O–H groups in total. The number of aromatic nitrogens is 3. The fourth-order valence-corrected chi connectivity index (χ4v) is 3.14. The van der Waals surface area contributed by atoms with Gasteiger partial charge >= 0.3 is 0 Å². The number of aryl methyl sites for hydroxylation is 1. The first-order valence-corrected chi connectivity index (χ1v) is 7.47. The maximum atomic E-state index is 12.0. The highest BCUT2D eigenvalue weighted by molar-refractivity contribution is 7.93. The van der Waals surface area contributed by atoms with Gasteiger partial charge in [-0.2, -0.15) is 5.10 Å². The second kappa shape index (κ2) is 5.40. The molecule has 9 heteroatoms. The van der Waals surface area contributed by atoms with Gasteiger partial charge in [0.05, 0.1) is 23.8 Å². The van der Waals surface area contributed by atoms with Gasteiger partial charge in [0, 0.05) is 13.2 Å². The van der Waals surface area contributed by atoms with Crippen LogP contribution in [0, 0.1) is 11.8 Å². The van der Waals surface area contributed by atoms with Gasteiger partial charge in [-0.05, 0) is 0 Å². The van der Waals surface area contributed by atoms with E-state index in [4.69, 9.17) is 5.73 Å². The van der Waals surface area contributed by atoms with Crippen LogP contribution in [-0.2, 0) is 17.1 Å². The molecule has 0 saturated carbocycles. The molecule has 19 heavy (non-hydrogen) atoms. The minimum Gasteiger partial charge on any atom is -0.320 e. The molecule has 7 nitrogen and oxygen atoms in total. The van der Waals surface area contributed by atoms with E-state index in [9.17, 15) is 8.42 Å². The van der Waals surface area contributed by atoms with Crippen LogP contribution in [0.15, 0.2) is 23.5 Å². The highest BCUT2D eigenvalue weighted by Gasteiger charge is 2.17. The molecule has 0 bridgehead atoms. The van der Waals surface area contributed by atoms with Crippen LogP contribution < -0.4 is 10.5 Å². The Hall–Kier alpha value is -1.89. The van der Waals surface area contributed by atoms with Gasteiger partial charge in [-0.1, -0.05) is 23.2 Å². The van der Waals surface area contributed by atoms with E-state index in [0.717, 1.165) is 11.3 Å². The molecule has 0 aliphatic rings. The first-order chi connectivity index (χ1) is 9.01. The monoisotopic (exact) mass is 297 g/mol. The van der Waals surface area contributed by atoms with Gasteiger partial charge in [-0.15, -0.1) is 0 Å². The van der Waals surface area contributed by atoms with Crippen LogP contribution in [0.3, 0.4) is 0 Å². The number of rotatable bonds is 3. The van der Waals surface area contributed by atoms with Gasteiger partial charge < -0.3 is 5.73 Å². The lowest BCUT2D eigenvalue weighted by Crippen LogP contribution is -2.11. The molecule has 2 aromatic heterocycles. The van der Waals surface area contributed by atoms with Crippen LogP contribution in [0.4, 0.5) is 5.13 Å². The molecular formula is C10H11N5O2S2. The summed E-state index contributed by atoms with van der Waals surface area (Å²) in [6, 6.07) is 0. The number of nitrogens with zero attached hydrogens (tertiary/aromatic N) is 3. The standard InChI is InChI=1S/C10H11N5O2S2/c1-15-7-9(6-13-15)19(16,17)14-10-12-5-8(18-10)3-2-4-11/h5-7H,4,11H2,1H3,(H,12,14). The third kappa shape index (κ3) is 3.31. The topological polar surface area (TPSA) is 103 Å². The maximum Gasteiger partial charge on any atom is 0.266 e. The second-order valence-corrected chi connectivity index (χ2v) is 6.20. The first kappa shape index (κ1) is 13.5. The van der Waals surface area contributed by atoms with E-state index in [0.29, 0.717) is 4.88 Å². The molecular weight excluding hydrogens is 286 g/mol. The summed E-state index contributed by atoms with van der Waals surface area (Å²) in [6.45, 7) is 0.245. The summed E-state index contributed by atoms with van der Waals surface area (Å²) in [5, 5.41) is 4.07. The molecule has 0 radical (unpaired) electrons. The summed E-state index contributed by atoms with van der Waals surface area (Å²) in [5.74, 6) is 5.46. The molecule has 0 atom stereocenters. The van der Waals surface area contributed by atoms with Crippen LogP contribution in [0.25, 0.3) is 0 Å². The molecule has 0 spiro atoms. The third-order valence-corrected chi connectivity index (χ3v) is 4.28. The molecule has 0 amide bonds. The van der Waals surface area contributed by atoms with E-state index in [1.54, 1.807) is 7.05 Å². The second-order valence-electron chi connectivity index (χ2n) is 3.49. The Balaban J connectivity index is 2.19. The van der Waals surface area contributed by atoms with Gasteiger partial charge in [0.1, 0.15) is 4.90 Å². The maximum absolute atomic E-state index is 12.0. The van der Waals surface area contributed by atoms with E-state index < -0.39 is 10.0 Å². The van der Waals surface area contributed by atoms with Gasteiger partial charge in [0.25, 0.3) is 10.0 Å². The Morgan fingerprint density at radius 1 is 1.53 bits per heavy atom. The smallest absolute Gasteiger partial charge is 0.266 e. The number of hydrogen-bond acceptors (Lipinski definition) is 6. The zero-order chi connectivity index (χ0) is 13.9. The van der Waals surface area contributed by atoms with Crippen molar-refractivity contribution in [1.29, 1.82) is 0 Å². The minimum absolute atomic E-state index is 0.0831. The highest BCUT2D eigenvalue weighted by atomic mass is 32.2. The van der Waals surface area contributed by atoms with Gasteiger partial charge in [0.2, 0.25) is 0 Å². The minimum atomic E-state index is -3.66. The molecule has 0 aromatic carbocycles. The summed E-state index contributed by atoms with van der Waals surface area (Å²) < 4.78 is 27.8. The third-order valence-electron chi connectivity index (χ3n) is 2.03. The average Bonchev–Trinajstić information content (AvgIpc) is 2.95. The summed E-state index contributed by atoms with van der Waals surface area (Å²) >= 11 is 1.14. The summed E-state index contributed by atoms with van der Waals surface area (Å²) in [6.07, 6.45) is 4.17. The van der Waals surface area contributed by atoms with E-state index in [2.05, 4.69) is 26.6 Å². The first-order valence-electron chi connectivity index (χ1n) is 5.17. The van der Waals surface area contributed by atoms with Crippen molar-refractivity contribution in [3.05, 3.63) is 23.5 Å². The molecule has 2 aromatic rings. The number of anilines is 1. The lowest BCUT2D eigenvalue weighted by atomic mass is 10.5. The molecule has 0 saturated heterocycles. The number of sulfonamides is 1. The van der Waals surface area contributed by atoms with Crippen LogP contribution >= 0.6 is 11.3 Å². The highest BCUT2D eigenvalue weighted by Crippen LogP contribution is 2.20. The molecule has 100 valence electrons. The number of nitrogens with two attached hydrogens (primary N) is 1. The Morgan fingerprint density at radius 2 is 2.32 bits per heavy atom. The summed E-state index contributed by atoms with van der Waals surface area (Å²) in [7, 11) is -2.02. The van der Waals surface area contributed by atoms with Crippen molar-refractivity contribution in [3.8, 4) is 11.8 Å². The lowest BCUT2D eigenvalue weighted by molar-refractivity contribution is 0.601. The fraction of sp³-hybridized carbons (Fsp3) is 0.200. The number of hydrogen-bond donors (Lipinski definition) is 2. The number of nitrogens with one attached hydrogen (secondary N) is 1. The van der Waals surface area contributed by atoms with Crippen molar-refractivity contribution < 1.29 is 8.42 Å². The molecule has 0 aliphatic carbocycles. The fourth-order valence-electron chi connectivity index (χ4n) is 1.23. The van der Waals surface area contributed by atoms with Crippen molar-refractivity contribution in [2.45, 2.75) is 4.90 Å². The predicted molar refractivity (Wildman–Crippen MR) is 72.1 cm³/mol. The summed E-state index contributed by atoms with van der Waals surface area (Å²) in [5.41, 5.74) is 5.25. The Bertz CT molecular complexity index is 735. The Morgan fingerprint density at radius 3 is 2.95 bits per heavy atom. The van der Waals surface area contributed by atoms with Crippen molar-refractivity contribution in [2.24, 2.45) is 12.8 Å². The van der Waals surface area contributed by atoms with Crippen LogP contribution in [0.2, 0.25) is 0 Å². The van der Waals surface area contributed by atoms with E-state index in [1.807, 2.05) is 0 Å². The average molecular weight is 297 g/mol. The zero-order valence-corrected chi connectivity index (χ0v) is 11.6. The molecule has 2 heterocycles. The van der Waals surface area contributed by atoms with E-state index in [1.165, 1.54) is 23.3 Å². The molecule has 2 rings (SSSR count). The van der Waals surface area contributed by atoms with Crippen molar-refractivity contribution in [3.63, 3.8) is 0 Å². The molecule has 0 unspecified atom stereocenters. The lowest BCUT2D eigenvalue weighted by Gasteiger charge is -2.00. The van der Waals surface area contributed by atoms with Gasteiger partial charge in [0.15, 0.2) is 5.13 Å². The normalized spacial score (nSPS) is 10.8. The largest absolute Gasteiger partial charge is 0.320 e. The Kier molecular flexibility index (Phi) is 3.84. The van der Waals surface area contributed by atoms with Crippen LogP contribution in [-0.4, -0.2) is 29.7 Å². The van der Waals surface area contributed by atoms with Crippen molar-refractivity contribution in [1.82, 2.24) is 14.8 Å². The SMILES string of the molecule is Cn1cc(S(=O)(=O)Nc2ncc(C#CCN)s2)cn1. The Labute approximate surface area is 114 Å². The van der Waals surface area contributed by atoms with E-state index >= 15 is 0 Å². The van der Waals surface area contributed by atoms with Crippen LogP contribution in [0.1, 0.15) is 4.88 Å². The molecule has 0 aliphatic heterocycles. The predicted octanol–water partition coefficient (Wildman–Crippen LogP) is -0.0124. The zero-order valence-electron chi connectivity index (χ0n) is 9.99. The van der Waals surface area contributed by atoms with E-state index in [-0.39, 0.29) is 16.6 Å². The van der Waals surface area contributed by atoms with Gasteiger partial charge in [-0.3, -0.25) is 9.40 Å². The van der Waals surface area contributed by atoms with Crippen molar-refractivity contribution in [2.75, 3.05) is 11.3 Å². The quantitative estimate of drug-likeness (QED) is 0.776. The number of thiazole rings is 1.